The molecular weight excluding hydrogens is 280 g/mol. The van der Waals surface area contributed by atoms with E-state index in [1.165, 1.54) is 23.2 Å². The fourth-order valence-electron chi connectivity index (χ4n) is 2.20. The minimum atomic E-state index is -1.09. The summed E-state index contributed by atoms with van der Waals surface area (Å²) in [5.74, 6) is -1.66. The Balaban J connectivity index is 2.05. The molecule has 1 aromatic rings. The van der Waals surface area contributed by atoms with Gasteiger partial charge in [-0.1, -0.05) is 6.07 Å². The van der Waals surface area contributed by atoms with E-state index in [1.54, 1.807) is 12.1 Å². The highest BCUT2D eigenvalue weighted by molar-refractivity contribution is 7.12. The van der Waals surface area contributed by atoms with Crippen LogP contribution in [0.5, 0.6) is 0 Å². The molecule has 0 aliphatic carbocycles. The summed E-state index contributed by atoms with van der Waals surface area (Å²) in [5.41, 5.74) is 0. The van der Waals surface area contributed by atoms with Gasteiger partial charge in [-0.3, -0.25) is 14.4 Å². The molecule has 0 bridgehead atoms. The first-order valence-electron chi connectivity index (χ1n) is 6.38. The molecule has 1 aromatic heterocycles. The smallest absolute Gasteiger partial charge is 0.325 e. The monoisotopic (exact) mass is 296 g/mol. The lowest BCUT2D eigenvalue weighted by molar-refractivity contribution is -0.141. The molecule has 0 aromatic carbocycles. The molecule has 0 spiro atoms. The summed E-state index contributed by atoms with van der Waals surface area (Å²) in [5, 5.41) is 13.0. The fourth-order valence-corrected chi connectivity index (χ4v) is 2.87. The van der Waals surface area contributed by atoms with Gasteiger partial charge in [0.05, 0.1) is 4.88 Å². The van der Waals surface area contributed by atoms with Gasteiger partial charge in [0.25, 0.3) is 5.91 Å². The largest absolute Gasteiger partial charge is 0.480 e. The topological polar surface area (TPSA) is 86.7 Å². The average Bonchev–Trinajstić information content (AvgIpc) is 3.08. The van der Waals surface area contributed by atoms with Crippen molar-refractivity contribution in [3.05, 3.63) is 22.4 Å². The number of carboxylic acid groups (broad SMARTS) is 1. The number of likely N-dealkylation sites (tertiary alicyclic amines) is 1. The third-order valence-corrected chi connectivity index (χ3v) is 4.14. The summed E-state index contributed by atoms with van der Waals surface area (Å²) in [6, 6.07) is 1.98. The number of aliphatic carboxylic acids is 1. The Labute approximate surface area is 120 Å². The van der Waals surface area contributed by atoms with Crippen LogP contribution >= 0.6 is 11.3 Å². The number of nitrogens with zero attached hydrogens (tertiary/aromatic N) is 1. The molecule has 20 heavy (non-hydrogen) atoms. The summed E-state index contributed by atoms with van der Waals surface area (Å²) < 4.78 is 0. The molecule has 1 saturated heterocycles. The number of nitrogens with one attached hydrogen (secondary N) is 1. The first-order chi connectivity index (χ1) is 9.50. The number of carbonyl (C=O) groups excluding carboxylic acids is 2. The van der Waals surface area contributed by atoms with Gasteiger partial charge in [-0.2, -0.15) is 0 Å². The van der Waals surface area contributed by atoms with E-state index in [2.05, 4.69) is 5.32 Å². The molecule has 0 unspecified atom stereocenters. The van der Waals surface area contributed by atoms with E-state index in [1.807, 2.05) is 5.38 Å². The second-order valence-corrected chi connectivity index (χ2v) is 5.65. The normalized spacial score (nSPS) is 19.6. The molecule has 2 rings (SSSR count). The lowest BCUT2D eigenvalue weighted by Crippen LogP contribution is -2.49. The van der Waals surface area contributed by atoms with Crippen LogP contribution in [0.1, 0.15) is 29.4 Å². The van der Waals surface area contributed by atoms with Crippen LogP contribution in [-0.4, -0.2) is 46.4 Å². The summed E-state index contributed by atoms with van der Waals surface area (Å²) in [4.78, 5) is 37.2. The van der Waals surface area contributed by atoms with Crippen molar-refractivity contribution in [3.8, 4) is 0 Å². The Kier molecular flexibility index (Phi) is 4.39. The Morgan fingerprint density at radius 1 is 1.50 bits per heavy atom. The van der Waals surface area contributed by atoms with Crippen LogP contribution in [0, 0.1) is 0 Å². The van der Waals surface area contributed by atoms with Gasteiger partial charge >= 0.3 is 5.97 Å². The third-order valence-electron chi connectivity index (χ3n) is 3.28. The van der Waals surface area contributed by atoms with Gasteiger partial charge in [-0.05, 0) is 31.2 Å². The Bertz CT molecular complexity index is 514. The Morgan fingerprint density at radius 3 is 2.85 bits per heavy atom. The molecule has 1 fully saturated rings. The summed E-state index contributed by atoms with van der Waals surface area (Å²) in [7, 11) is 0. The maximum Gasteiger partial charge on any atom is 0.325 e. The van der Waals surface area contributed by atoms with Crippen molar-refractivity contribution in [2.24, 2.45) is 0 Å². The summed E-state index contributed by atoms with van der Waals surface area (Å²) in [6.45, 7) is 1.93. The van der Waals surface area contributed by atoms with Crippen LogP contribution in [-0.2, 0) is 9.59 Å². The van der Waals surface area contributed by atoms with Crippen molar-refractivity contribution in [2.75, 3.05) is 6.54 Å². The van der Waals surface area contributed by atoms with E-state index in [4.69, 9.17) is 5.11 Å². The molecule has 2 amide bonds. The highest BCUT2D eigenvalue weighted by atomic mass is 32.1. The van der Waals surface area contributed by atoms with Crippen molar-refractivity contribution in [2.45, 2.75) is 31.8 Å². The second kappa shape index (κ2) is 6.04. The van der Waals surface area contributed by atoms with E-state index in [0.717, 1.165) is 6.42 Å². The average molecular weight is 296 g/mol. The first-order valence-corrected chi connectivity index (χ1v) is 7.26. The van der Waals surface area contributed by atoms with Crippen LogP contribution in [0.25, 0.3) is 0 Å². The van der Waals surface area contributed by atoms with Crippen LogP contribution in [0.4, 0.5) is 0 Å². The predicted molar refractivity (Wildman–Crippen MR) is 73.6 cm³/mol. The van der Waals surface area contributed by atoms with Gasteiger partial charge in [-0.15, -0.1) is 11.3 Å². The zero-order valence-electron chi connectivity index (χ0n) is 11.0. The maximum atomic E-state index is 12.3. The standard InChI is InChI=1S/C13H16N2O4S/c1-8(13(18)19)14-11(16)9-4-2-6-15(9)12(17)10-5-3-7-20-10/h3,5,7-9H,2,4,6H2,1H3,(H,14,16)(H,18,19)/t8-,9-/m0/s1. The first kappa shape index (κ1) is 14.5. The van der Waals surface area contributed by atoms with Gasteiger partial charge in [0, 0.05) is 6.54 Å². The third kappa shape index (κ3) is 2.98. The molecule has 2 atom stereocenters. The quantitative estimate of drug-likeness (QED) is 0.866. The van der Waals surface area contributed by atoms with Gasteiger partial charge in [0.2, 0.25) is 5.91 Å². The minimum Gasteiger partial charge on any atom is -0.480 e. The second-order valence-electron chi connectivity index (χ2n) is 4.70. The lowest BCUT2D eigenvalue weighted by atomic mass is 10.2. The molecule has 2 heterocycles. The summed E-state index contributed by atoms with van der Waals surface area (Å²) in [6.07, 6.45) is 1.31. The summed E-state index contributed by atoms with van der Waals surface area (Å²) >= 11 is 1.33. The molecule has 2 N–H and O–H groups in total. The number of carbonyl (C=O) groups is 3. The van der Waals surface area contributed by atoms with E-state index in [0.29, 0.717) is 17.8 Å². The number of amides is 2. The number of rotatable bonds is 4. The molecule has 7 heteroatoms. The number of hydrogen-bond acceptors (Lipinski definition) is 4. The van der Waals surface area contributed by atoms with E-state index in [-0.39, 0.29) is 5.91 Å². The van der Waals surface area contributed by atoms with Crippen molar-refractivity contribution in [3.63, 3.8) is 0 Å². The predicted octanol–water partition coefficient (Wildman–Crippen LogP) is 0.942. The molecule has 6 nitrogen and oxygen atoms in total. The Morgan fingerprint density at radius 2 is 2.25 bits per heavy atom. The van der Waals surface area contributed by atoms with Crippen molar-refractivity contribution in [1.82, 2.24) is 10.2 Å². The van der Waals surface area contributed by atoms with Gasteiger partial charge in [0.1, 0.15) is 12.1 Å². The molecular formula is C13H16N2O4S. The van der Waals surface area contributed by atoms with E-state index >= 15 is 0 Å². The van der Waals surface area contributed by atoms with Crippen molar-refractivity contribution in [1.29, 1.82) is 0 Å². The molecule has 0 radical (unpaired) electrons. The van der Waals surface area contributed by atoms with Crippen LogP contribution < -0.4 is 5.32 Å². The van der Waals surface area contributed by atoms with Crippen LogP contribution in [0.3, 0.4) is 0 Å². The van der Waals surface area contributed by atoms with Crippen molar-refractivity contribution >= 4 is 29.1 Å². The fraction of sp³-hybridized carbons (Fsp3) is 0.462. The van der Waals surface area contributed by atoms with Crippen molar-refractivity contribution < 1.29 is 19.5 Å². The van der Waals surface area contributed by atoms with E-state index < -0.39 is 24.0 Å². The lowest BCUT2D eigenvalue weighted by Gasteiger charge is -2.24. The highest BCUT2D eigenvalue weighted by Gasteiger charge is 2.35. The van der Waals surface area contributed by atoms with Gasteiger partial charge in [-0.25, -0.2) is 0 Å². The molecule has 0 saturated carbocycles. The zero-order valence-corrected chi connectivity index (χ0v) is 11.9. The highest BCUT2D eigenvalue weighted by Crippen LogP contribution is 2.22. The molecule has 1 aliphatic rings. The number of carboxylic acids is 1. The Hall–Kier alpha value is -1.89. The van der Waals surface area contributed by atoms with Gasteiger partial charge in [0.15, 0.2) is 0 Å². The number of thiophene rings is 1. The molecule has 108 valence electrons. The zero-order chi connectivity index (χ0) is 14.7. The maximum absolute atomic E-state index is 12.3. The number of hydrogen-bond donors (Lipinski definition) is 2. The van der Waals surface area contributed by atoms with Crippen LogP contribution in [0.15, 0.2) is 17.5 Å². The van der Waals surface area contributed by atoms with E-state index in [9.17, 15) is 14.4 Å². The SMILES string of the molecule is C[C@H](NC(=O)[C@@H]1CCCN1C(=O)c1cccs1)C(=O)O. The minimum absolute atomic E-state index is 0.166. The molecule has 1 aliphatic heterocycles. The van der Waals surface area contributed by atoms with Crippen LogP contribution in [0.2, 0.25) is 0 Å². The van der Waals surface area contributed by atoms with Gasteiger partial charge < -0.3 is 15.3 Å².